The minimum atomic E-state index is -0.253. The number of carbonyl (C=O) groups excluding carboxylic acids is 1. The Balaban J connectivity index is 1.69. The van der Waals surface area contributed by atoms with Crippen LogP contribution < -0.4 is 10.1 Å². The highest BCUT2D eigenvalue weighted by molar-refractivity contribution is 6.38. The van der Waals surface area contributed by atoms with E-state index in [2.05, 4.69) is 15.3 Å². The van der Waals surface area contributed by atoms with E-state index in [9.17, 15) is 4.79 Å². The summed E-state index contributed by atoms with van der Waals surface area (Å²) in [6, 6.07) is 12.8. The molecule has 0 aliphatic carbocycles. The SMILES string of the molecule is CC(NC(=O)COc1ncnc2c(Cl)cc(Cl)cc12)c1ccccc1. The van der Waals surface area contributed by atoms with E-state index in [4.69, 9.17) is 27.9 Å². The van der Waals surface area contributed by atoms with Crippen LogP contribution in [0.25, 0.3) is 10.9 Å². The van der Waals surface area contributed by atoms with E-state index >= 15 is 0 Å². The lowest BCUT2D eigenvalue weighted by molar-refractivity contribution is -0.123. The van der Waals surface area contributed by atoms with Gasteiger partial charge in [0.2, 0.25) is 5.88 Å². The summed E-state index contributed by atoms with van der Waals surface area (Å²) in [7, 11) is 0. The first-order chi connectivity index (χ1) is 12.0. The molecule has 1 heterocycles. The fourth-order valence-corrected chi connectivity index (χ4v) is 2.97. The van der Waals surface area contributed by atoms with Gasteiger partial charge >= 0.3 is 0 Å². The Kier molecular flexibility index (Phi) is 5.36. The van der Waals surface area contributed by atoms with Gasteiger partial charge in [0.1, 0.15) is 6.33 Å². The Labute approximate surface area is 155 Å². The van der Waals surface area contributed by atoms with Crippen LogP contribution >= 0.6 is 23.2 Å². The summed E-state index contributed by atoms with van der Waals surface area (Å²) in [5.74, 6) is 0.00755. The van der Waals surface area contributed by atoms with E-state index in [-0.39, 0.29) is 24.4 Å². The van der Waals surface area contributed by atoms with Crippen molar-refractivity contribution in [1.82, 2.24) is 15.3 Å². The minimum absolute atomic E-state index is 0.122. The smallest absolute Gasteiger partial charge is 0.258 e. The second-order valence-electron chi connectivity index (χ2n) is 5.45. The molecule has 0 radical (unpaired) electrons. The molecule has 1 unspecified atom stereocenters. The van der Waals surface area contributed by atoms with Crippen molar-refractivity contribution in [2.75, 3.05) is 6.61 Å². The zero-order valence-corrected chi connectivity index (χ0v) is 14.9. The second kappa shape index (κ2) is 7.68. The monoisotopic (exact) mass is 375 g/mol. The summed E-state index contributed by atoms with van der Waals surface area (Å²) in [5, 5.41) is 4.28. The van der Waals surface area contributed by atoms with Crippen LogP contribution in [0.1, 0.15) is 18.5 Å². The van der Waals surface area contributed by atoms with E-state index in [0.29, 0.717) is 20.9 Å². The molecule has 3 rings (SSSR count). The average Bonchev–Trinajstić information content (AvgIpc) is 2.60. The van der Waals surface area contributed by atoms with Crippen LogP contribution in [0, 0.1) is 0 Å². The van der Waals surface area contributed by atoms with Gasteiger partial charge in [-0.3, -0.25) is 4.79 Å². The predicted octanol–water partition coefficient (Wildman–Crippen LogP) is 4.19. The predicted molar refractivity (Wildman–Crippen MR) is 98.1 cm³/mol. The molecule has 0 spiro atoms. The molecule has 0 aliphatic heterocycles. The number of hydrogen-bond acceptors (Lipinski definition) is 4. The molecule has 2 aromatic carbocycles. The summed E-state index contributed by atoms with van der Waals surface area (Å²) in [5.41, 5.74) is 1.54. The number of amides is 1. The zero-order valence-electron chi connectivity index (χ0n) is 13.4. The minimum Gasteiger partial charge on any atom is -0.467 e. The maximum absolute atomic E-state index is 12.1. The summed E-state index contributed by atoms with van der Waals surface area (Å²) in [6.07, 6.45) is 1.34. The standard InChI is InChI=1S/C18H15Cl2N3O2/c1-11(12-5-3-2-4-6-12)23-16(24)9-25-18-14-7-13(19)8-15(20)17(14)21-10-22-18/h2-8,10-11H,9H2,1H3,(H,23,24). The van der Waals surface area contributed by atoms with Crippen LogP contribution in [0.2, 0.25) is 10.0 Å². The van der Waals surface area contributed by atoms with Crippen LogP contribution in [0.5, 0.6) is 5.88 Å². The lowest BCUT2D eigenvalue weighted by Gasteiger charge is -2.15. The highest BCUT2D eigenvalue weighted by Gasteiger charge is 2.13. The number of benzene rings is 2. The first kappa shape index (κ1) is 17.5. The summed E-state index contributed by atoms with van der Waals surface area (Å²) in [6.45, 7) is 1.74. The number of fused-ring (bicyclic) bond motifs is 1. The third-order valence-corrected chi connectivity index (χ3v) is 4.14. The number of aromatic nitrogens is 2. The highest BCUT2D eigenvalue weighted by Crippen LogP contribution is 2.30. The Morgan fingerprint density at radius 3 is 2.72 bits per heavy atom. The van der Waals surface area contributed by atoms with Gasteiger partial charge in [-0.05, 0) is 24.6 Å². The topological polar surface area (TPSA) is 64.1 Å². The summed E-state index contributed by atoms with van der Waals surface area (Å²) < 4.78 is 5.55. The molecule has 1 atom stereocenters. The largest absolute Gasteiger partial charge is 0.467 e. The lowest BCUT2D eigenvalue weighted by atomic mass is 10.1. The molecule has 0 saturated heterocycles. The van der Waals surface area contributed by atoms with Crippen LogP contribution in [0.15, 0.2) is 48.8 Å². The van der Waals surface area contributed by atoms with Gasteiger partial charge in [0.25, 0.3) is 5.91 Å². The van der Waals surface area contributed by atoms with Gasteiger partial charge < -0.3 is 10.1 Å². The highest BCUT2D eigenvalue weighted by atomic mass is 35.5. The van der Waals surface area contributed by atoms with E-state index in [0.717, 1.165) is 5.56 Å². The fraction of sp³-hybridized carbons (Fsp3) is 0.167. The molecule has 1 aromatic heterocycles. The van der Waals surface area contributed by atoms with E-state index < -0.39 is 0 Å². The number of hydrogen-bond donors (Lipinski definition) is 1. The Bertz CT molecular complexity index is 903. The molecule has 0 bridgehead atoms. The maximum Gasteiger partial charge on any atom is 0.258 e. The molecular weight excluding hydrogens is 361 g/mol. The van der Waals surface area contributed by atoms with Crippen LogP contribution in [-0.4, -0.2) is 22.5 Å². The van der Waals surface area contributed by atoms with Crippen molar-refractivity contribution in [1.29, 1.82) is 0 Å². The number of halogens is 2. The summed E-state index contributed by atoms with van der Waals surface area (Å²) >= 11 is 12.1. The molecular formula is C18H15Cl2N3O2. The summed E-state index contributed by atoms with van der Waals surface area (Å²) in [4.78, 5) is 20.3. The van der Waals surface area contributed by atoms with Gasteiger partial charge in [-0.2, -0.15) is 0 Å². The Hall–Kier alpha value is -2.37. The molecule has 5 nitrogen and oxygen atoms in total. The normalized spacial score (nSPS) is 12.0. The van der Waals surface area contributed by atoms with E-state index in [1.54, 1.807) is 12.1 Å². The second-order valence-corrected chi connectivity index (χ2v) is 6.29. The Morgan fingerprint density at radius 2 is 1.96 bits per heavy atom. The maximum atomic E-state index is 12.1. The van der Waals surface area contributed by atoms with Crippen molar-refractivity contribution in [3.05, 3.63) is 64.4 Å². The van der Waals surface area contributed by atoms with Crippen molar-refractivity contribution in [2.45, 2.75) is 13.0 Å². The van der Waals surface area contributed by atoms with Gasteiger partial charge in [-0.25, -0.2) is 9.97 Å². The molecule has 128 valence electrons. The molecule has 7 heteroatoms. The number of rotatable bonds is 5. The van der Waals surface area contributed by atoms with E-state index in [1.807, 2.05) is 37.3 Å². The van der Waals surface area contributed by atoms with Crippen molar-refractivity contribution >= 4 is 40.0 Å². The zero-order chi connectivity index (χ0) is 17.8. The number of nitrogens with zero attached hydrogens (tertiary/aromatic N) is 2. The molecule has 0 saturated carbocycles. The fourth-order valence-electron chi connectivity index (χ4n) is 2.43. The average molecular weight is 376 g/mol. The van der Waals surface area contributed by atoms with Crippen molar-refractivity contribution in [3.8, 4) is 5.88 Å². The lowest BCUT2D eigenvalue weighted by Crippen LogP contribution is -2.31. The quantitative estimate of drug-likeness (QED) is 0.725. The van der Waals surface area contributed by atoms with Crippen molar-refractivity contribution < 1.29 is 9.53 Å². The van der Waals surface area contributed by atoms with Crippen LogP contribution in [0.3, 0.4) is 0 Å². The van der Waals surface area contributed by atoms with Gasteiger partial charge in [-0.15, -0.1) is 0 Å². The number of ether oxygens (including phenoxy) is 1. The molecule has 0 aliphatic rings. The van der Waals surface area contributed by atoms with Gasteiger partial charge in [0, 0.05) is 5.02 Å². The van der Waals surface area contributed by atoms with Gasteiger partial charge in [0.15, 0.2) is 6.61 Å². The molecule has 1 N–H and O–H groups in total. The third-order valence-electron chi connectivity index (χ3n) is 3.64. The van der Waals surface area contributed by atoms with Crippen molar-refractivity contribution in [3.63, 3.8) is 0 Å². The van der Waals surface area contributed by atoms with E-state index in [1.165, 1.54) is 6.33 Å². The molecule has 3 aromatic rings. The van der Waals surface area contributed by atoms with Crippen LogP contribution in [-0.2, 0) is 4.79 Å². The third kappa shape index (κ3) is 4.18. The number of carbonyl (C=O) groups is 1. The van der Waals surface area contributed by atoms with Gasteiger partial charge in [-0.1, -0.05) is 53.5 Å². The van der Waals surface area contributed by atoms with Gasteiger partial charge in [0.05, 0.1) is 22.0 Å². The molecule has 25 heavy (non-hydrogen) atoms. The number of nitrogens with one attached hydrogen (secondary N) is 1. The Morgan fingerprint density at radius 1 is 1.20 bits per heavy atom. The first-order valence-electron chi connectivity index (χ1n) is 7.61. The molecule has 1 amide bonds. The van der Waals surface area contributed by atoms with Crippen LogP contribution in [0.4, 0.5) is 0 Å². The molecule has 0 fully saturated rings. The van der Waals surface area contributed by atoms with Crippen molar-refractivity contribution in [2.24, 2.45) is 0 Å². The first-order valence-corrected chi connectivity index (χ1v) is 8.37.